The van der Waals surface area contributed by atoms with Crippen molar-refractivity contribution in [3.05, 3.63) is 46.8 Å². The van der Waals surface area contributed by atoms with Crippen LogP contribution in [0.25, 0.3) is 33.4 Å². The molecule has 2 aliphatic rings. The first-order chi connectivity index (χ1) is 20.0. The number of benzene rings is 2. The van der Waals surface area contributed by atoms with Gasteiger partial charge in [-0.05, 0) is 67.6 Å². The minimum Gasteiger partial charge on any atom is -0.381 e. The molecule has 3 atom stereocenters. The van der Waals surface area contributed by atoms with Crippen LogP contribution in [-0.4, -0.2) is 81.2 Å². The Hall–Kier alpha value is -3.74. The van der Waals surface area contributed by atoms with Gasteiger partial charge in [0.1, 0.15) is 11.0 Å². The van der Waals surface area contributed by atoms with Crippen LogP contribution in [0.15, 0.2) is 41.8 Å². The van der Waals surface area contributed by atoms with Crippen molar-refractivity contribution in [2.75, 3.05) is 26.8 Å². The molecule has 0 unspecified atom stereocenters. The molecule has 2 saturated heterocycles. The van der Waals surface area contributed by atoms with Gasteiger partial charge in [-0.2, -0.15) is 5.21 Å². The molecule has 2 fully saturated rings. The highest BCUT2D eigenvalue weighted by molar-refractivity contribution is 7.10. The highest BCUT2D eigenvalue weighted by atomic mass is 32.1. The van der Waals surface area contributed by atoms with Gasteiger partial charge < -0.3 is 20.3 Å². The first kappa shape index (κ1) is 27.4. The number of likely N-dealkylation sites (tertiary alicyclic amines) is 1. The van der Waals surface area contributed by atoms with E-state index < -0.39 is 6.04 Å². The molecular weight excluding hydrogens is 540 g/mol. The molecule has 2 amide bonds. The zero-order valence-corrected chi connectivity index (χ0v) is 24.0. The van der Waals surface area contributed by atoms with Crippen LogP contribution < -0.4 is 10.6 Å². The number of amides is 2. The van der Waals surface area contributed by atoms with Crippen molar-refractivity contribution < 1.29 is 14.3 Å². The van der Waals surface area contributed by atoms with Gasteiger partial charge in [0, 0.05) is 36.3 Å². The maximum atomic E-state index is 14.1. The molecule has 2 aromatic carbocycles. The molecule has 0 saturated carbocycles. The number of fused-ring (bicyclic) bond motifs is 1. The molecule has 0 bridgehead atoms. The highest BCUT2D eigenvalue weighted by Gasteiger charge is 2.40. The Kier molecular flexibility index (Phi) is 8.04. The number of ether oxygens (including phenoxy) is 1. The van der Waals surface area contributed by atoms with Crippen LogP contribution in [0, 0.1) is 5.92 Å². The van der Waals surface area contributed by atoms with Gasteiger partial charge in [0.2, 0.25) is 17.6 Å². The molecule has 3 N–H and O–H groups in total. The molecule has 0 aliphatic carbocycles. The number of thiazole rings is 1. The molecule has 214 valence electrons. The van der Waals surface area contributed by atoms with Crippen LogP contribution in [0.3, 0.4) is 0 Å². The topological polar surface area (TPSA) is 138 Å². The summed E-state index contributed by atoms with van der Waals surface area (Å²) in [6, 6.07) is 11.1. The summed E-state index contributed by atoms with van der Waals surface area (Å²) in [7, 11) is 1.74. The van der Waals surface area contributed by atoms with Crippen LogP contribution in [0.4, 0.5) is 0 Å². The molecule has 4 aromatic rings. The summed E-state index contributed by atoms with van der Waals surface area (Å²) in [5, 5.41) is 25.7. The van der Waals surface area contributed by atoms with Crippen molar-refractivity contribution in [3.63, 3.8) is 0 Å². The molecule has 0 radical (unpaired) electrons. The Morgan fingerprint density at radius 3 is 2.59 bits per heavy atom. The quantitative estimate of drug-likeness (QED) is 0.291. The van der Waals surface area contributed by atoms with Crippen LogP contribution in [0.5, 0.6) is 0 Å². The third kappa shape index (κ3) is 5.46. The lowest BCUT2D eigenvalue weighted by molar-refractivity contribution is -0.140. The standard InChI is InChI=1S/C29H34N8O3S/c1-17(30-2)27(38)32-25(18-11-14-40-15-12-18)29(39)37-13-5-8-24(37)28-31-23(16-41-28)21-9-10-22(26-33-35-36-34-26)20-7-4-3-6-19(20)21/h3-4,6-7,9-10,16-18,24-25,30H,5,8,11-15H2,1-2H3,(H,32,38)(H,33,34,35,36)/t17-,24-,25-/m0/s1. The van der Waals surface area contributed by atoms with Gasteiger partial charge in [-0.3, -0.25) is 9.59 Å². The van der Waals surface area contributed by atoms with Crippen LogP contribution in [-0.2, 0) is 14.3 Å². The van der Waals surface area contributed by atoms with E-state index in [1.807, 2.05) is 29.2 Å². The van der Waals surface area contributed by atoms with Gasteiger partial charge in [0.05, 0.1) is 17.8 Å². The predicted molar refractivity (Wildman–Crippen MR) is 156 cm³/mol. The van der Waals surface area contributed by atoms with Crippen molar-refractivity contribution in [1.82, 2.24) is 41.1 Å². The molecule has 4 heterocycles. The van der Waals surface area contributed by atoms with E-state index in [4.69, 9.17) is 9.72 Å². The molecule has 0 spiro atoms. The summed E-state index contributed by atoms with van der Waals surface area (Å²) in [5.74, 6) is 0.395. The molecule has 41 heavy (non-hydrogen) atoms. The van der Waals surface area contributed by atoms with E-state index in [-0.39, 0.29) is 29.8 Å². The van der Waals surface area contributed by atoms with Gasteiger partial charge in [-0.15, -0.1) is 21.5 Å². The predicted octanol–water partition coefficient (Wildman–Crippen LogP) is 3.33. The van der Waals surface area contributed by atoms with Crippen molar-refractivity contribution in [2.24, 2.45) is 5.92 Å². The number of hydrogen-bond donors (Lipinski definition) is 3. The summed E-state index contributed by atoms with van der Waals surface area (Å²) in [6.45, 7) is 3.65. The lowest BCUT2D eigenvalue weighted by atomic mass is 9.90. The van der Waals surface area contributed by atoms with E-state index in [9.17, 15) is 9.59 Å². The number of likely N-dealkylation sites (N-methyl/N-ethyl adjacent to an activating group) is 1. The van der Waals surface area contributed by atoms with Crippen molar-refractivity contribution in [2.45, 2.75) is 50.7 Å². The summed E-state index contributed by atoms with van der Waals surface area (Å²) in [5.41, 5.74) is 2.78. The second kappa shape index (κ2) is 12.0. The highest BCUT2D eigenvalue weighted by Crippen LogP contribution is 2.39. The SMILES string of the molecule is CN[C@@H](C)C(=O)N[C@H](C(=O)N1CCC[C@H]1c1nc(-c2ccc(-c3nn[nH]n3)c3ccccc23)cs1)C1CCOCC1. The van der Waals surface area contributed by atoms with Gasteiger partial charge in [0.25, 0.3) is 0 Å². The third-order valence-electron chi connectivity index (χ3n) is 8.26. The van der Waals surface area contributed by atoms with E-state index in [2.05, 4.69) is 48.8 Å². The largest absolute Gasteiger partial charge is 0.381 e. The van der Waals surface area contributed by atoms with E-state index in [0.29, 0.717) is 25.6 Å². The molecule has 11 nitrogen and oxygen atoms in total. The second-order valence-electron chi connectivity index (χ2n) is 10.6. The van der Waals surface area contributed by atoms with Crippen LogP contribution in [0.2, 0.25) is 0 Å². The van der Waals surface area contributed by atoms with Crippen LogP contribution >= 0.6 is 11.3 Å². The van der Waals surface area contributed by atoms with E-state index in [1.165, 1.54) is 0 Å². The molecule has 6 rings (SSSR count). The zero-order chi connectivity index (χ0) is 28.3. The first-order valence-corrected chi connectivity index (χ1v) is 15.0. The summed E-state index contributed by atoms with van der Waals surface area (Å²) >= 11 is 1.58. The summed E-state index contributed by atoms with van der Waals surface area (Å²) in [4.78, 5) is 34.0. The molecular formula is C29H34N8O3S. The summed E-state index contributed by atoms with van der Waals surface area (Å²) in [6.07, 6.45) is 3.24. The number of H-pyrrole nitrogens is 1. The number of nitrogens with zero attached hydrogens (tertiary/aromatic N) is 5. The average molecular weight is 575 g/mol. The molecule has 2 aromatic heterocycles. The minimum absolute atomic E-state index is 0.0253. The Morgan fingerprint density at radius 2 is 1.85 bits per heavy atom. The van der Waals surface area contributed by atoms with E-state index in [0.717, 1.165) is 58.3 Å². The summed E-state index contributed by atoms with van der Waals surface area (Å²) < 4.78 is 5.55. The number of aromatic nitrogens is 5. The van der Waals surface area contributed by atoms with Crippen molar-refractivity contribution in [3.8, 4) is 22.6 Å². The molecule has 2 aliphatic heterocycles. The lowest BCUT2D eigenvalue weighted by Gasteiger charge is -2.35. The second-order valence-corrected chi connectivity index (χ2v) is 11.5. The maximum absolute atomic E-state index is 14.1. The smallest absolute Gasteiger partial charge is 0.246 e. The lowest BCUT2D eigenvalue weighted by Crippen LogP contribution is -2.56. The van der Waals surface area contributed by atoms with Crippen molar-refractivity contribution >= 4 is 33.9 Å². The number of aromatic amines is 1. The number of rotatable bonds is 8. The number of tetrazole rings is 1. The number of nitrogens with one attached hydrogen (secondary N) is 3. The fourth-order valence-electron chi connectivity index (χ4n) is 5.86. The van der Waals surface area contributed by atoms with Crippen molar-refractivity contribution in [1.29, 1.82) is 0 Å². The Labute approximate surface area is 242 Å². The van der Waals surface area contributed by atoms with Crippen LogP contribution in [0.1, 0.15) is 43.7 Å². The van der Waals surface area contributed by atoms with Gasteiger partial charge >= 0.3 is 0 Å². The van der Waals surface area contributed by atoms with Gasteiger partial charge in [0.15, 0.2) is 0 Å². The minimum atomic E-state index is -0.580. The maximum Gasteiger partial charge on any atom is 0.246 e. The normalized spacial score (nSPS) is 19.4. The van der Waals surface area contributed by atoms with E-state index >= 15 is 0 Å². The molecule has 12 heteroatoms. The number of hydrogen-bond acceptors (Lipinski definition) is 9. The number of carbonyl (C=O) groups is 2. The average Bonchev–Trinajstić information content (AvgIpc) is 3.81. The van der Waals surface area contributed by atoms with Gasteiger partial charge in [-0.1, -0.05) is 30.3 Å². The first-order valence-electron chi connectivity index (χ1n) is 14.1. The fraction of sp³-hybridized carbons (Fsp3) is 0.448. The zero-order valence-electron chi connectivity index (χ0n) is 23.2. The fourth-order valence-corrected chi connectivity index (χ4v) is 6.83. The van der Waals surface area contributed by atoms with Gasteiger partial charge in [-0.25, -0.2) is 4.98 Å². The Bertz CT molecular complexity index is 1520. The monoisotopic (exact) mass is 574 g/mol. The van der Waals surface area contributed by atoms with E-state index in [1.54, 1.807) is 25.3 Å². The third-order valence-corrected chi connectivity index (χ3v) is 9.20. The number of carbonyl (C=O) groups excluding carboxylic acids is 2. The Balaban J connectivity index is 1.28. The Morgan fingerprint density at radius 1 is 1.10 bits per heavy atom.